The Kier molecular flexibility index (Phi) is 6.04. The number of carbonyl (C=O) groups excluding carboxylic acids is 1. The molecule has 2 aromatic heterocycles. The molecule has 3 aromatic rings. The van der Waals surface area contributed by atoms with Gasteiger partial charge < -0.3 is 10.2 Å². The number of aromatic nitrogens is 2. The van der Waals surface area contributed by atoms with Crippen molar-refractivity contribution in [3.05, 3.63) is 88.4 Å². The number of halogens is 2. The van der Waals surface area contributed by atoms with E-state index in [1.54, 1.807) is 47.9 Å². The van der Waals surface area contributed by atoms with Gasteiger partial charge in [-0.3, -0.25) is 9.97 Å². The van der Waals surface area contributed by atoms with E-state index in [4.69, 9.17) is 23.2 Å². The summed E-state index contributed by atoms with van der Waals surface area (Å²) in [4.78, 5) is 22.6. The number of urea groups is 1. The van der Waals surface area contributed by atoms with E-state index in [1.807, 2.05) is 24.3 Å². The lowest BCUT2D eigenvalue weighted by Gasteiger charge is -2.23. The number of benzene rings is 1. The topological polar surface area (TPSA) is 58.1 Å². The third-order valence-electron chi connectivity index (χ3n) is 3.68. The lowest BCUT2D eigenvalue weighted by Crippen LogP contribution is -2.34. The fourth-order valence-corrected chi connectivity index (χ4v) is 2.86. The molecule has 26 heavy (non-hydrogen) atoms. The maximum Gasteiger partial charge on any atom is 0.322 e. The molecule has 0 aliphatic rings. The molecule has 0 aliphatic heterocycles. The average molecular weight is 387 g/mol. The summed E-state index contributed by atoms with van der Waals surface area (Å²) < 4.78 is 0. The van der Waals surface area contributed by atoms with Crippen molar-refractivity contribution in [3.63, 3.8) is 0 Å². The monoisotopic (exact) mass is 386 g/mol. The maximum absolute atomic E-state index is 12.8. The van der Waals surface area contributed by atoms with Gasteiger partial charge in [0.05, 0.1) is 10.7 Å². The molecule has 1 aromatic carbocycles. The molecule has 0 bridgehead atoms. The summed E-state index contributed by atoms with van der Waals surface area (Å²) >= 11 is 12.1. The molecule has 0 aliphatic carbocycles. The standard InChI is InChI=1S/C19H16Cl2N4O/c20-16-3-4-18(17(21)10-16)24-19(26)25(12-14-5-8-22-9-6-14)13-15-2-1-7-23-11-15/h1-11H,12-13H2,(H,24,26). The third-order valence-corrected chi connectivity index (χ3v) is 4.23. The first-order chi connectivity index (χ1) is 12.6. The van der Waals surface area contributed by atoms with E-state index in [-0.39, 0.29) is 6.03 Å². The predicted molar refractivity (Wildman–Crippen MR) is 103 cm³/mol. The van der Waals surface area contributed by atoms with Gasteiger partial charge in [0.15, 0.2) is 0 Å². The fourth-order valence-electron chi connectivity index (χ4n) is 2.41. The lowest BCUT2D eigenvalue weighted by atomic mass is 10.2. The maximum atomic E-state index is 12.8. The van der Waals surface area contributed by atoms with E-state index in [9.17, 15) is 4.79 Å². The van der Waals surface area contributed by atoms with Crippen molar-refractivity contribution in [3.8, 4) is 0 Å². The number of carbonyl (C=O) groups is 1. The summed E-state index contributed by atoms with van der Waals surface area (Å²) in [5.74, 6) is 0. The number of nitrogens with one attached hydrogen (secondary N) is 1. The summed E-state index contributed by atoms with van der Waals surface area (Å²) in [6, 6.07) is 12.2. The van der Waals surface area contributed by atoms with Gasteiger partial charge in [-0.25, -0.2) is 4.79 Å². The summed E-state index contributed by atoms with van der Waals surface area (Å²) in [6.45, 7) is 0.835. The Morgan fingerprint density at radius 3 is 2.42 bits per heavy atom. The quantitative estimate of drug-likeness (QED) is 0.669. The zero-order chi connectivity index (χ0) is 18.4. The molecule has 0 atom stereocenters. The van der Waals surface area contributed by atoms with Gasteiger partial charge in [0.1, 0.15) is 0 Å². The molecule has 5 nitrogen and oxygen atoms in total. The minimum Gasteiger partial charge on any atom is -0.316 e. The van der Waals surface area contributed by atoms with Crippen LogP contribution >= 0.6 is 23.2 Å². The molecular formula is C19H16Cl2N4O. The van der Waals surface area contributed by atoms with Crippen LogP contribution in [-0.2, 0) is 13.1 Å². The Morgan fingerprint density at radius 2 is 1.73 bits per heavy atom. The number of rotatable bonds is 5. The van der Waals surface area contributed by atoms with Crippen LogP contribution in [0.4, 0.5) is 10.5 Å². The summed E-state index contributed by atoms with van der Waals surface area (Å²) in [7, 11) is 0. The van der Waals surface area contributed by atoms with Gasteiger partial charge in [-0.05, 0) is 47.5 Å². The van der Waals surface area contributed by atoms with E-state index in [0.29, 0.717) is 28.8 Å². The average Bonchev–Trinajstić information content (AvgIpc) is 2.65. The summed E-state index contributed by atoms with van der Waals surface area (Å²) in [6.07, 6.45) is 6.84. The molecule has 2 heterocycles. The van der Waals surface area contributed by atoms with Crippen LogP contribution in [0.15, 0.2) is 67.3 Å². The highest BCUT2D eigenvalue weighted by atomic mass is 35.5. The number of nitrogens with zero attached hydrogens (tertiary/aromatic N) is 3. The molecule has 0 fully saturated rings. The number of pyridine rings is 2. The van der Waals surface area contributed by atoms with Crippen molar-refractivity contribution >= 4 is 34.9 Å². The Balaban J connectivity index is 1.80. The van der Waals surface area contributed by atoms with Crippen LogP contribution in [0.5, 0.6) is 0 Å². The number of amides is 2. The van der Waals surface area contributed by atoms with Gasteiger partial charge in [-0.15, -0.1) is 0 Å². The van der Waals surface area contributed by atoms with E-state index in [0.717, 1.165) is 11.1 Å². The normalized spacial score (nSPS) is 10.4. The van der Waals surface area contributed by atoms with Crippen LogP contribution in [0.25, 0.3) is 0 Å². The minimum absolute atomic E-state index is 0.269. The third kappa shape index (κ3) is 4.94. The van der Waals surface area contributed by atoms with Gasteiger partial charge >= 0.3 is 6.03 Å². The van der Waals surface area contributed by atoms with Crippen LogP contribution < -0.4 is 5.32 Å². The first-order valence-corrected chi connectivity index (χ1v) is 8.66. The summed E-state index contributed by atoms with van der Waals surface area (Å²) in [5, 5.41) is 3.73. The first-order valence-electron chi connectivity index (χ1n) is 7.90. The molecule has 0 spiro atoms. The molecule has 7 heteroatoms. The van der Waals surface area contributed by atoms with E-state index < -0.39 is 0 Å². The molecule has 0 saturated carbocycles. The number of hydrogen-bond acceptors (Lipinski definition) is 3. The molecular weight excluding hydrogens is 371 g/mol. The molecule has 132 valence electrons. The van der Waals surface area contributed by atoms with Gasteiger partial charge in [-0.2, -0.15) is 0 Å². The van der Waals surface area contributed by atoms with Crippen LogP contribution in [0.1, 0.15) is 11.1 Å². The van der Waals surface area contributed by atoms with E-state index in [2.05, 4.69) is 15.3 Å². The predicted octanol–water partition coefficient (Wildman–Crippen LogP) is 5.02. The SMILES string of the molecule is O=C(Nc1ccc(Cl)cc1Cl)N(Cc1ccncc1)Cc1cccnc1. The fraction of sp³-hybridized carbons (Fsp3) is 0.105. The van der Waals surface area contributed by atoms with Crippen molar-refractivity contribution in [1.29, 1.82) is 0 Å². The van der Waals surface area contributed by atoms with Gasteiger partial charge in [0.25, 0.3) is 0 Å². The molecule has 2 amide bonds. The number of anilines is 1. The highest BCUT2D eigenvalue weighted by Gasteiger charge is 2.16. The van der Waals surface area contributed by atoms with Crippen LogP contribution in [0, 0.1) is 0 Å². The molecule has 0 saturated heterocycles. The Hall–Kier alpha value is -2.63. The van der Waals surface area contributed by atoms with E-state index >= 15 is 0 Å². The van der Waals surface area contributed by atoms with Gasteiger partial charge in [-0.1, -0.05) is 29.3 Å². The minimum atomic E-state index is -0.269. The van der Waals surface area contributed by atoms with E-state index in [1.165, 1.54) is 0 Å². The van der Waals surface area contributed by atoms with Crippen LogP contribution in [0.3, 0.4) is 0 Å². The van der Waals surface area contributed by atoms with Crippen LogP contribution in [-0.4, -0.2) is 20.9 Å². The molecule has 1 N–H and O–H groups in total. The second-order valence-electron chi connectivity index (χ2n) is 5.63. The Bertz CT molecular complexity index is 834. The largest absolute Gasteiger partial charge is 0.322 e. The second-order valence-corrected chi connectivity index (χ2v) is 6.47. The van der Waals surface area contributed by atoms with Gasteiger partial charge in [0.2, 0.25) is 0 Å². The highest BCUT2D eigenvalue weighted by molar-refractivity contribution is 6.36. The highest BCUT2D eigenvalue weighted by Crippen LogP contribution is 2.26. The lowest BCUT2D eigenvalue weighted by molar-refractivity contribution is 0.206. The second kappa shape index (κ2) is 8.65. The zero-order valence-electron chi connectivity index (χ0n) is 13.8. The van der Waals surface area contributed by atoms with Crippen molar-refractivity contribution in [1.82, 2.24) is 14.9 Å². The van der Waals surface area contributed by atoms with Gasteiger partial charge in [0, 0.05) is 42.9 Å². The van der Waals surface area contributed by atoms with Crippen molar-refractivity contribution < 1.29 is 4.79 Å². The molecule has 3 rings (SSSR count). The van der Waals surface area contributed by atoms with Crippen molar-refractivity contribution in [2.75, 3.05) is 5.32 Å². The van der Waals surface area contributed by atoms with Crippen LogP contribution in [0.2, 0.25) is 10.0 Å². The zero-order valence-corrected chi connectivity index (χ0v) is 15.3. The Labute approximate surface area is 161 Å². The first kappa shape index (κ1) is 18.2. The molecule has 0 unspecified atom stereocenters. The smallest absolute Gasteiger partial charge is 0.316 e. The van der Waals surface area contributed by atoms with Crippen molar-refractivity contribution in [2.24, 2.45) is 0 Å². The number of hydrogen-bond donors (Lipinski definition) is 1. The Morgan fingerprint density at radius 1 is 0.962 bits per heavy atom. The van der Waals surface area contributed by atoms with Crippen molar-refractivity contribution in [2.45, 2.75) is 13.1 Å². The molecule has 0 radical (unpaired) electrons. The summed E-state index contributed by atoms with van der Waals surface area (Å²) in [5.41, 5.74) is 2.41.